The van der Waals surface area contributed by atoms with Crippen LogP contribution in [0.15, 0.2) is 72.9 Å². The van der Waals surface area contributed by atoms with E-state index in [9.17, 15) is 18.8 Å². The summed E-state index contributed by atoms with van der Waals surface area (Å²) < 4.78 is 30.8. The Morgan fingerprint density at radius 1 is 0.956 bits per heavy atom. The summed E-state index contributed by atoms with van der Waals surface area (Å²) in [5.74, 6) is -1.17. The number of carbonyl (C=O) groups excluding carboxylic acids is 3. The van der Waals surface area contributed by atoms with Crippen molar-refractivity contribution in [3.05, 3.63) is 107 Å². The fraction of sp³-hybridized carbons (Fsp3) is 0.314. The van der Waals surface area contributed by atoms with Gasteiger partial charge in [0, 0.05) is 63.7 Å². The zero-order valence-corrected chi connectivity index (χ0v) is 25.4. The van der Waals surface area contributed by atoms with E-state index in [1.807, 2.05) is 36.4 Å². The highest BCUT2D eigenvalue weighted by Crippen LogP contribution is 2.34. The molecule has 1 saturated heterocycles. The number of aromatic nitrogens is 1. The summed E-state index contributed by atoms with van der Waals surface area (Å²) in [6.45, 7) is 3.24. The first-order valence-corrected chi connectivity index (χ1v) is 14.9. The van der Waals surface area contributed by atoms with Gasteiger partial charge in [-0.05, 0) is 47.4 Å². The van der Waals surface area contributed by atoms with E-state index in [-0.39, 0.29) is 41.8 Å². The molecule has 10 heteroatoms. The van der Waals surface area contributed by atoms with Crippen molar-refractivity contribution in [1.82, 2.24) is 15.2 Å². The number of hydrogen-bond acceptors (Lipinski definition) is 7. The molecule has 0 unspecified atom stereocenters. The lowest BCUT2D eigenvalue weighted by Gasteiger charge is -2.31. The number of halogens is 1. The average Bonchev–Trinajstić information content (AvgIpc) is 3.05. The minimum Gasteiger partial charge on any atom is -0.486 e. The van der Waals surface area contributed by atoms with Crippen molar-refractivity contribution in [3.63, 3.8) is 0 Å². The number of nitrogens with zero attached hydrogens (tertiary/aromatic N) is 2. The number of piperidine rings is 1. The number of carbonyl (C=O) groups is 3. The van der Waals surface area contributed by atoms with E-state index >= 15 is 0 Å². The number of methoxy groups -OCH3 is 1. The molecule has 3 aromatic carbocycles. The Bertz CT molecular complexity index is 1650. The predicted molar refractivity (Wildman–Crippen MR) is 167 cm³/mol. The van der Waals surface area contributed by atoms with E-state index in [2.05, 4.69) is 5.32 Å². The molecule has 0 saturated carbocycles. The minimum absolute atomic E-state index is 0.0140. The normalized spacial score (nSPS) is 13.4. The van der Waals surface area contributed by atoms with Crippen molar-refractivity contribution < 1.29 is 33.0 Å². The van der Waals surface area contributed by atoms with E-state index in [1.54, 1.807) is 30.3 Å². The van der Waals surface area contributed by atoms with Gasteiger partial charge in [0.15, 0.2) is 5.75 Å². The molecule has 1 aliphatic rings. The molecular formula is C35H36FN3O6. The molecule has 0 atom stereocenters. The highest BCUT2D eigenvalue weighted by Gasteiger charge is 2.28. The standard InChI is InChI=1S/C35H36FN3O6/c1-23(40)39-15-12-28(13-16-39)45-35(42)31-20-30(34(41)37-14-17-43-2)29-19-26(18-24-8-10-27(36)11-9-24)21-38-32(29)33(31)44-22-25-6-4-3-5-7-25/h3-11,19-21,28H,12-18,22H2,1-2H3,(H,37,41). The molecule has 1 aromatic heterocycles. The van der Waals surface area contributed by atoms with Gasteiger partial charge in [0.2, 0.25) is 5.91 Å². The number of amides is 2. The van der Waals surface area contributed by atoms with Crippen LogP contribution >= 0.6 is 0 Å². The molecule has 5 rings (SSSR count). The van der Waals surface area contributed by atoms with Gasteiger partial charge in [-0.25, -0.2) is 9.18 Å². The number of rotatable bonds is 11. The fourth-order valence-corrected chi connectivity index (χ4v) is 5.32. The lowest BCUT2D eigenvalue weighted by Crippen LogP contribution is -2.40. The molecule has 9 nitrogen and oxygen atoms in total. The Kier molecular flexibility index (Phi) is 10.4. The number of ether oxygens (including phenoxy) is 3. The molecule has 234 valence electrons. The maximum Gasteiger partial charge on any atom is 0.342 e. The second kappa shape index (κ2) is 14.8. The number of benzene rings is 3. The van der Waals surface area contributed by atoms with Crippen LogP contribution in [0, 0.1) is 5.82 Å². The lowest BCUT2D eigenvalue weighted by atomic mass is 9.98. The third kappa shape index (κ3) is 8.02. The van der Waals surface area contributed by atoms with Gasteiger partial charge in [0.1, 0.15) is 29.6 Å². The van der Waals surface area contributed by atoms with Crippen molar-refractivity contribution in [2.45, 2.75) is 38.9 Å². The van der Waals surface area contributed by atoms with Crippen molar-refractivity contribution in [2.24, 2.45) is 0 Å². The molecule has 1 aliphatic heterocycles. The van der Waals surface area contributed by atoms with Crippen molar-refractivity contribution in [3.8, 4) is 5.75 Å². The summed E-state index contributed by atoms with van der Waals surface area (Å²) in [4.78, 5) is 45.5. The molecule has 2 amide bonds. The molecule has 1 fully saturated rings. The number of fused-ring (bicyclic) bond motifs is 1. The zero-order chi connectivity index (χ0) is 31.8. The van der Waals surface area contributed by atoms with Crippen LogP contribution in [0.4, 0.5) is 4.39 Å². The third-order valence-electron chi connectivity index (χ3n) is 7.75. The van der Waals surface area contributed by atoms with Crippen molar-refractivity contribution in [2.75, 3.05) is 33.4 Å². The first kappa shape index (κ1) is 31.6. The van der Waals surface area contributed by atoms with Gasteiger partial charge in [-0.15, -0.1) is 0 Å². The van der Waals surface area contributed by atoms with Gasteiger partial charge in [0.25, 0.3) is 5.91 Å². The molecule has 4 aromatic rings. The summed E-state index contributed by atoms with van der Waals surface area (Å²) in [7, 11) is 1.54. The zero-order valence-electron chi connectivity index (χ0n) is 25.4. The summed E-state index contributed by atoms with van der Waals surface area (Å²) in [6.07, 6.45) is 2.75. The number of nitrogens with one attached hydrogen (secondary N) is 1. The van der Waals surface area contributed by atoms with E-state index in [1.165, 1.54) is 25.1 Å². The largest absolute Gasteiger partial charge is 0.486 e. The maximum absolute atomic E-state index is 13.8. The van der Waals surface area contributed by atoms with Crippen molar-refractivity contribution >= 4 is 28.7 Å². The van der Waals surface area contributed by atoms with Crippen LogP contribution in [0.2, 0.25) is 0 Å². The molecule has 0 bridgehead atoms. The number of esters is 1. The van der Waals surface area contributed by atoms with Crippen LogP contribution < -0.4 is 10.1 Å². The summed E-state index contributed by atoms with van der Waals surface area (Å²) in [6, 6.07) is 19.1. The first-order valence-electron chi connectivity index (χ1n) is 14.9. The van der Waals surface area contributed by atoms with Gasteiger partial charge in [-0.2, -0.15) is 0 Å². The van der Waals surface area contributed by atoms with Crippen LogP contribution in [0.5, 0.6) is 5.75 Å². The van der Waals surface area contributed by atoms with Crippen LogP contribution in [0.25, 0.3) is 10.9 Å². The van der Waals surface area contributed by atoms with E-state index < -0.39 is 18.0 Å². The van der Waals surface area contributed by atoms with Gasteiger partial charge in [-0.3, -0.25) is 14.6 Å². The van der Waals surface area contributed by atoms with E-state index in [0.29, 0.717) is 49.9 Å². The number of hydrogen-bond donors (Lipinski definition) is 1. The van der Waals surface area contributed by atoms with Crippen molar-refractivity contribution in [1.29, 1.82) is 0 Å². The van der Waals surface area contributed by atoms with Gasteiger partial charge < -0.3 is 24.4 Å². The highest BCUT2D eigenvalue weighted by atomic mass is 19.1. The summed E-state index contributed by atoms with van der Waals surface area (Å²) in [5, 5.41) is 3.34. The first-order chi connectivity index (χ1) is 21.8. The smallest absolute Gasteiger partial charge is 0.342 e. The second-order valence-corrected chi connectivity index (χ2v) is 11.0. The SMILES string of the molecule is COCCNC(=O)c1cc(C(=O)OC2CCN(C(C)=O)CC2)c(OCc2ccccc2)c2ncc(Cc3ccc(F)cc3)cc12. The fourth-order valence-electron chi connectivity index (χ4n) is 5.32. The molecule has 45 heavy (non-hydrogen) atoms. The Hall–Kier alpha value is -4.83. The maximum atomic E-state index is 13.8. The van der Waals surface area contributed by atoms with Crippen LogP contribution in [-0.4, -0.2) is 67.1 Å². The van der Waals surface area contributed by atoms with Gasteiger partial charge in [-0.1, -0.05) is 42.5 Å². The second-order valence-electron chi connectivity index (χ2n) is 11.0. The highest BCUT2D eigenvalue weighted by molar-refractivity contribution is 6.12. The molecule has 0 radical (unpaired) electrons. The minimum atomic E-state index is -0.635. The quantitative estimate of drug-likeness (QED) is 0.186. The van der Waals surface area contributed by atoms with Gasteiger partial charge >= 0.3 is 5.97 Å². The number of likely N-dealkylation sites (tertiary alicyclic amines) is 1. The van der Waals surface area contributed by atoms with Crippen LogP contribution in [0.1, 0.15) is 57.2 Å². The average molecular weight is 614 g/mol. The summed E-state index contributed by atoms with van der Waals surface area (Å²) >= 11 is 0. The Labute approximate surface area is 261 Å². The van der Waals surface area contributed by atoms with Crippen LogP contribution in [-0.2, 0) is 27.3 Å². The molecule has 1 N–H and O–H groups in total. The van der Waals surface area contributed by atoms with E-state index in [0.717, 1.165) is 16.7 Å². The molecule has 0 aliphatic carbocycles. The topological polar surface area (TPSA) is 107 Å². The van der Waals surface area contributed by atoms with Gasteiger partial charge in [0.05, 0.1) is 6.61 Å². The molecule has 2 heterocycles. The number of pyridine rings is 1. The third-order valence-corrected chi connectivity index (χ3v) is 7.75. The predicted octanol–water partition coefficient (Wildman–Crippen LogP) is 5.09. The Morgan fingerprint density at radius 2 is 1.69 bits per heavy atom. The Morgan fingerprint density at radius 3 is 2.38 bits per heavy atom. The lowest BCUT2D eigenvalue weighted by molar-refractivity contribution is -0.130. The molecule has 0 spiro atoms. The monoisotopic (exact) mass is 613 g/mol. The molecular weight excluding hydrogens is 577 g/mol. The Balaban J connectivity index is 1.55. The van der Waals surface area contributed by atoms with Crippen LogP contribution in [0.3, 0.4) is 0 Å². The summed E-state index contributed by atoms with van der Waals surface area (Å²) in [5.41, 5.74) is 3.22. The van der Waals surface area contributed by atoms with E-state index in [4.69, 9.17) is 19.2 Å².